The van der Waals surface area contributed by atoms with E-state index in [1.54, 1.807) is 35.4 Å². The first kappa shape index (κ1) is 18.1. The first-order chi connectivity index (χ1) is 13.0. The molecule has 9 heteroatoms. The lowest BCUT2D eigenvalue weighted by Crippen LogP contribution is -2.36. The Balaban J connectivity index is 1.45. The molecule has 1 atom stereocenters. The number of rotatable bonds is 5. The largest absolute Gasteiger partial charge is 0.377 e. The molecule has 3 heterocycles. The zero-order valence-corrected chi connectivity index (χ0v) is 15.7. The van der Waals surface area contributed by atoms with Gasteiger partial charge in [0.15, 0.2) is 0 Å². The van der Waals surface area contributed by atoms with Crippen LogP contribution in [0.2, 0.25) is 0 Å². The zero-order valence-electron chi connectivity index (χ0n) is 14.8. The van der Waals surface area contributed by atoms with Gasteiger partial charge in [-0.1, -0.05) is 6.07 Å². The Morgan fingerprint density at radius 3 is 2.96 bits per heavy atom. The van der Waals surface area contributed by atoms with Crippen molar-refractivity contribution in [3.05, 3.63) is 47.3 Å². The predicted octanol–water partition coefficient (Wildman–Crippen LogP) is 1.07. The Bertz CT molecular complexity index is 921. The second-order valence-corrected chi connectivity index (χ2v) is 8.63. The highest BCUT2D eigenvalue weighted by atomic mass is 32.2. The van der Waals surface area contributed by atoms with Gasteiger partial charge in [0.05, 0.1) is 11.0 Å². The van der Waals surface area contributed by atoms with Crippen molar-refractivity contribution < 1.29 is 17.9 Å². The normalized spacial score (nSPS) is 19.9. The average Bonchev–Trinajstić information content (AvgIpc) is 3.39. The molecule has 0 saturated carbocycles. The van der Waals surface area contributed by atoms with Crippen LogP contribution in [0.15, 0.2) is 35.4 Å². The molecule has 0 spiro atoms. The van der Waals surface area contributed by atoms with E-state index in [0.717, 1.165) is 24.0 Å². The number of H-pyrrole nitrogens is 1. The van der Waals surface area contributed by atoms with Crippen LogP contribution in [-0.4, -0.2) is 55.2 Å². The Labute approximate surface area is 158 Å². The molecule has 1 aromatic carbocycles. The first-order valence-corrected chi connectivity index (χ1v) is 10.5. The lowest BCUT2D eigenvalue weighted by Gasteiger charge is -2.28. The van der Waals surface area contributed by atoms with Crippen LogP contribution in [0.5, 0.6) is 0 Å². The van der Waals surface area contributed by atoms with Crippen LogP contribution in [0, 0.1) is 0 Å². The van der Waals surface area contributed by atoms with Gasteiger partial charge in [0.1, 0.15) is 5.69 Å². The van der Waals surface area contributed by atoms with E-state index in [4.69, 9.17) is 4.74 Å². The smallest absolute Gasteiger partial charge is 0.272 e. The second kappa shape index (κ2) is 7.41. The number of hydrogen-bond acceptors (Lipinski definition) is 5. The summed E-state index contributed by atoms with van der Waals surface area (Å²) in [4.78, 5) is 14.4. The predicted molar refractivity (Wildman–Crippen MR) is 97.6 cm³/mol. The molecule has 2 aliphatic heterocycles. The minimum absolute atomic E-state index is 0.0422. The van der Waals surface area contributed by atoms with E-state index in [9.17, 15) is 13.2 Å². The summed E-state index contributed by atoms with van der Waals surface area (Å²) in [6.07, 6.45) is 3.97. The van der Waals surface area contributed by atoms with E-state index in [1.165, 1.54) is 0 Å². The van der Waals surface area contributed by atoms with Gasteiger partial charge in [0.2, 0.25) is 10.0 Å². The average molecular weight is 390 g/mol. The van der Waals surface area contributed by atoms with Crippen LogP contribution in [0.1, 0.15) is 34.5 Å². The highest BCUT2D eigenvalue weighted by Gasteiger charge is 2.25. The Kier molecular flexibility index (Phi) is 4.98. The summed E-state index contributed by atoms with van der Waals surface area (Å²) >= 11 is 0. The number of hydrogen-bond donors (Lipinski definition) is 2. The number of ether oxygens (including phenoxy) is 1. The maximum absolute atomic E-state index is 12.6. The molecule has 0 radical (unpaired) electrons. The number of carbonyl (C=O) groups excluding carboxylic acids is 1. The molecule has 0 bridgehead atoms. The lowest BCUT2D eigenvalue weighted by atomic mass is 9.99. The van der Waals surface area contributed by atoms with Gasteiger partial charge in [-0.05, 0) is 48.6 Å². The molecule has 0 aliphatic carbocycles. The van der Waals surface area contributed by atoms with Gasteiger partial charge in [-0.15, -0.1) is 0 Å². The fourth-order valence-electron chi connectivity index (χ4n) is 3.51. The number of aromatic amines is 1. The van der Waals surface area contributed by atoms with Crippen molar-refractivity contribution in [3.8, 4) is 0 Å². The Morgan fingerprint density at radius 1 is 1.33 bits per heavy atom. The summed E-state index contributed by atoms with van der Waals surface area (Å²) in [6, 6.07) is 6.75. The third-order valence-corrected chi connectivity index (χ3v) is 6.46. The van der Waals surface area contributed by atoms with Gasteiger partial charge in [0.25, 0.3) is 5.91 Å². The fraction of sp³-hybridized carbons (Fsp3) is 0.444. The molecule has 2 aromatic rings. The van der Waals surface area contributed by atoms with Crippen molar-refractivity contribution >= 4 is 15.9 Å². The van der Waals surface area contributed by atoms with Gasteiger partial charge in [-0.25, -0.2) is 13.1 Å². The Morgan fingerprint density at radius 2 is 2.22 bits per heavy atom. The van der Waals surface area contributed by atoms with Gasteiger partial charge in [-0.3, -0.25) is 9.89 Å². The van der Waals surface area contributed by atoms with Crippen LogP contribution in [-0.2, 0) is 27.7 Å². The molecule has 8 nitrogen and oxygen atoms in total. The molecule has 2 aliphatic rings. The number of amides is 1. The van der Waals surface area contributed by atoms with E-state index < -0.39 is 10.0 Å². The van der Waals surface area contributed by atoms with Gasteiger partial charge in [0, 0.05) is 32.4 Å². The molecule has 1 aromatic heterocycles. The van der Waals surface area contributed by atoms with Crippen LogP contribution < -0.4 is 4.72 Å². The van der Waals surface area contributed by atoms with Crippen molar-refractivity contribution in [1.29, 1.82) is 0 Å². The Hall–Kier alpha value is -2.23. The quantitative estimate of drug-likeness (QED) is 0.795. The minimum Gasteiger partial charge on any atom is -0.377 e. The molecular weight excluding hydrogens is 368 g/mol. The number of aromatic nitrogens is 2. The summed E-state index contributed by atoms with van der Waals surface area (Å²) in [6.45, 7) is 1.99. The molecule has 144 valence electrons. The molecule has 27 heavy (non-hydrogen) atoms. The minimum atomic E-state index is -3.57. The van der Waals surface area contributed by atoms with Crippen LogP contribution >= 0.6 is 0 Å². The molecule has 1 amide bonds. The highest BCUT2D eigenvalue weighted by Crippen LogP contribution is 2.23. The monoisotopic (exact) mass is 390 g/mol. The van der Waals surface area contributed by atoms with Crippen molar-refractivity contribution in [2.75, 3.05) is 19.7 Å². The standard InChI is InChI=1S/C18H22N4O4S/c23-18(17-5-7-19-21-17)22-8-6-13-10-16(4-3-14(13)12-22)27(24,25)20-11-15-2-1-9-26-15/h3-5,7,10,15,20H,1-2,6,8-9,11-12H2,(H,19,21)/t15-/m1/s1. The number of carbonyl (C=O) groups is 1. The van der Waals surface area contributed by atoms with E-state index in [-0.39, 0.29) is 16.9 Å². The maximum atomic E-state index is 12.6. The molecular formula is C18H22N4O4S. The third-order valence-electron chi connectivity index (χ3n) is 5.04. The summed E-state index contributed by atoms with van der Waals surface area (Å²) in [7, 11) is -3.57. The van der Waals surface area contributed by atoms with Crippen molar-refractivity contribution in [2.45, 2.75) is 36.8 Å². The van der Waals surface area contributed by atoms with Gasteiger partial charge in [-0.2, -0.15) is 5.10 Å². The third kappa shape index (κ3) is 3.90. The number of sulfonamides is 1. The maximum Gasteiger partial charge on any atom is 0.272 e. The van der Waals surface area contributed by atoms with Gasteiger partial charge < -0.3 is 9.64 Å². The van der Waals surface area contributed by atoms with E-state index in [0.29, 0.717) is 38.4 Å². The molecule has 4 rings (SSSR count). The van der Waals surface area contributed by atoms with Crippen molar-refractivity contribution in [3.63, 3.8) is 0 Å². The highest BCUT2D eigenvalue weighted by molar-refractivity contribution is 7.89. The van der Waals surface area contributed by atoms with Crippen LogP contribution in [0.3, 0.4) is 0 Å². The van der Waals surface area contributed by atoms with E-state index in [2.05, 4.69) is 14.9 Å². The van der Waals surface area contributed by atoms with Crippen molar-refractivity contribution in [2.24, 2.45) is 0 Å². The van der Waals surface area contributed by atoms with E-state index in [1.807, 2.05) is 0 Å². The lowest BCUT2D eigenvalue weighted by molar-refractivity contribution is 0.0728. The topological polar surface area (TPSA) is 104 Å². The summed E-state index contributed by atoms with van der Waals surface area (Å²) in [5.41, 5.74) is 2.38. The number of fused-ring (bicyclic) bond motifs is 1. The van der Waals surface area contributed by atoms with Crippen LogP contribution in [0.4, 0.5) is 0 Å². The number of nitrogens with one attached hydrogen (secondary N) is 2. The van der Waals surface area contributed by atoms with E-state index >= 15 is 0 Å². The number of benzene rings is 1. The van der Waals surface area contributed by atoms with Crippen molar-refractivity contribution in [1.82, 2.24) is 19.8 Å². The molecule has 1 fully saturated rings. The fourth-order valence-corrected chi connectivity index (χ4v) is 4.62. The molecule has 0 unspecified atom stereocenters. The molecule has 2 N–H and O–H groups in total. The van der Waals surface area contributed by atoms with Crippen LogP contribution in [0.25, 0.3) is 0 Å². The second-order valence-electron chi connectivity index (χ2n) is 6.86. The summed E-state index contributed by atoms with van der Waals surface area (Å²) < 4.78 is 33.2. The zero-order chi connectivity index (χ0) is 18.9. The van der Waals surface area contributed by atoms with Gasteiger partial charge >= 0.3 is 0 Å². The number of nitrogens with zero attached hydrogens (tertiary/aromatic N) is 2. The summed E-state index contributed by atoms with van der Waals surface area (Å²) in [5, 5.41) is 6.50. The summed E-state index contributed by atoms with van der Waals surface area (Å²) in [5.74, 6) is -0.104. The first-order valence-electron chi connectivity index (χ1n) is 9.05. The molecule has 1 saturated heterocycles. The SMILES string of the molecule is O=C(c1ccn[nH]1)N1CCc2cc(S(=O)(=O)NC[C@H]3CCCO3)ccc2C1.